The number of hydrogen-bond donors (Lipinski definition) is 0. The third-order valence-corrected chi connectivity index (χ3v) is 6.81. The molecule has 6 rings (SSSR count). The van der Waals surface area contributed by atoms with E-state index >= 15 is 0 Å². The summed E-state index contributed by atoms with van der Waals surface area (Å²) in [6, 6.07) is 18.2. The second-order valence-corrected chi connectivity index (χ2v) is 11.1. The van der Waals surface area contributed by atoms with Crippen LogP contribution >= 0.6 is 0 Å². The molecule has 0 saturated carbocycles. The second-order valence-electron chi connectivity index (χ2n) is 11.1. The van der Waals surface area contributed by atoms with E-state index in [1.54, 1.807) is 24.3 Å². The van der Waals surface area contributed by atoms with Crippen LogP contribution in [0, 0.1) is 19.6 Å². The Morgan fingerprint density at radius 3 is 2.41 bits per heavy atom. The summed E-state index contributed by atoms with van der Waals surface area (Å²) in [5.41, 5.74) is 3.06. The van der Waals surface area contributed by atoms with Gasteiger partial charge in [-0.1, -0.05) is 82.6 Å². The summed E-state index contributed by atoms with van der Waals surface area (Å²) in [7, 11) is 0. The third-order valence-electron chi connectivity index (χ3n) is 6.81. The summed E-state index contributed by atoms with van der Waals surface area (Å²) in [4.78, 5) is 8.99. The predicted octanol–water partition coefficient (Wildman–Crippen LogP) is 9.46. The summed E-state index contributed by atoms with van der Waals surface area (Å²) >= 11 is 0. The molecule has 6 aromatic rings. The molecule has 0 atom stereocenters. The lowest BCUT2D eigenvalue weighted by Crippen LogP contribution is -2.12. The Morgan fingerprint density at radius 2 is 1.65 bits per heavy atom. The van der Waals surface area contributed by atoms with Crippen molar-refractivity contribution in [1.29, 1.82) is 0 Å². The average Bonchev–Trinajstić information content (AvgIpc) is 3.33. The Bertz CT molecular complexity index is 2130. The molecule has 37 heavy (non-hydrogen) atoms. The van der Waals surface area contributed by atoms with E-state index in [-0.39, 0.29) is 28.4 Å². The SMILES string of the molecule is [2H]C([2H])([2H])c1ccc2cc(-c3nc(C([2H])([2H])[2H])nc4oc5c6ccc(C([2H])([2H])C(C)C)cc6ccc5c34)cc(C(C)(C)C)c2c1. The molecule has 0 saturated heterocycles. The first-order valence-corrected chi connectivity index (χ1v) is 12.5. The monoisotopic (exact) mass is 494 g/mol. The molecule has 0 aliphatic heterocycles. The highest BCUT2D eigenvalue weighted by molar-refractivity contribution is 6.18. The molecule has 3 heteroatoms. The number of aryl methyl sites for hydroxylation is 2. The minimum absolute atomic E-state index is 0.144. The molecule has 0 unspecified atom stereocenters. The van der Waals surface area contributed by atoms with Crippen LogP contribution in [0.1, 0.15) is 68.1 Å². The van der Waals surface area contributed by atoms with Crippen LogP contribution in [0.25, 0.3) is 54.9 Å². The van der Waals surface area contributed by atoms with Gasteiger partial charge in [-0.3, -0.25) is 0 Å². The van der Waals surface area contributed by atoms with Crippen LogP contribution in [0.5, 0.6) is 0 Å². The lowest BCUT2D eigenvalue weighted by atomic mass is 9.81. The smallest absolute Gasteiger partial charge is 0.231 e. The van der Waals surface area contributed by atoms with E-state index in [2.05, 4.69) is 9.97 Å². The van der Waals surface area contributed by atoms with E-state index in [1.807, 2.05) is 71.0 Å². The number of fused-ring (bicyclic) bond motifs is 6. The van der Waals surface area contributed by atoms with Crippen molar-refractivity contribution in [1.82, 2.24) is 9.97 Å². The van der Waals surface area contributed by atoms with Gasteiger partial charge in [0.1, 0.15) is 11.4 Å². The van der Waals surface area contributed by atoms with Gasteiger partial charge >= 0.3 is 0 Å². The van der Waals surface area contributed by atoms with Gasteiger partial charge in [-0.05, 0) is 76.9 Å². The summed E-state index contributed by atoms with van der Waals surface area (Å²) in [5.74, 6) is -0.558. The fourth-order valence-corrected chi connectivity index (χ4v) is 5.21. The van der Waals surface area contributed by atoms with Crippen LogP contribution in [0.4, 0.5) is 0 Å². The maximum absolute atomic E-state index is 8.56. The molecule has 0 N–H and O–H groups in total. The molecule has 4 aromatic carbocycles. The fraction of sp³-hybridized carbons (Fsp3) is 0.294. The number of rotatable bonds is 3. The van der Waals surface area contributed by atoms with E-state index in [4.69, 9.17) is 15.4 Å². The lowest BCUT2D eigenvalue weighted by molar-refractivity contribution is 0.596. The second kappa shape index (κ2) is 8.41. The van der Waals surface area contributed by atoms with E-state index in [0.29, 0.717) is 33.2 Å². The van der Waals surface area contributed by atoms with Crippen molar-refractivity contribution in [2.24, 2.45) is 5.92 Å². The molecule has 2 aromatic heterocycles. The summed E-state index contributed by atoms with van der Waals surface area (Å²) in [5, 5.41) is 4.43. The molecule has 186 valence electrons. The Hall–Kier alpha value is -3.72. The van der Waals surface area contributed by atoms with Crippen molar-refractivity contribution in [3.8, 4) is 11.3 Å². The fourth-order valence-electron chi connectivity index (χ4n) is 5.21. The third kappa shape index (κ3) is 4.07. The van der Waals surface area contributed by atoms with Crippen LogP contribution < -0.4 is 0 Å². The van der Waals surface area contributed by atoms with Crippen LogP contribution in [0.2, 0.25) is 0 Å². The van der Waals surface area contributed by atoms with Gasteiger partial charge in [0, 0.05) is 27.3 Å². The molecule has 0 aliphatic rings. The zero-order chi connectivity index (χ0) is 32.9. The molecular formula is C34H34N2O. The minimum atomic E-state index is -2.60. The summed E-state index contributed by atoms with van der Waals surface area (Å²) in [6.07, 6.45) is -1.52. The maximum Gasteiger partial charge on any atom is 0.231 e. The van der Waals surface area contributed by atoms with Crippen molar-refractivity contribution in [3.05, 3.63) is 83.2 Å². The molecule has 0 fully saturated rings. The first kappa shape index (κ1) is 16.2. The molecule has 0 bridgehead atoms. The quantitative estimate of drug-likeness (QED) is 0.246. The van der Waals surface area contributed by atoms with Crippen molar-refractivity contribution < 1.29 is 15.4 Å². The van der Waals surface area contributed by atoms with Crippen molar-refractivity contribution in [3.63, 3.8) is 0 Å². The van der Waals surface area contributed by atoms with Gasteiger partial charge in [0.25, 0.3) is 0 Å². The summed E-state index contributed by atoms with van der Waals surface area (Å²) < 4.78 is 71.6. The van der Waals surface area contributed by atoms with E-state index in [1.165, 1.54) is 0 Å². The van der Waals surface area contributed by atoms with E-state index in [0.717, 1.165) is 27.1 Å². The van der Waals surface area contributed by atoms with Crippen LogP contribution in [-0.4, -0.2) is 9.97 Å². The predicted molar refractivity (Wildman–Crippen MR) is 156 cm³/mol. The molecule has 0 amide bonds. The van der Waals surface area contributed by atoms with Gasteiger partial charge in [0.05, 0.1) is 11.1 Å². The zero-order valence-electron chi connectivity index (χ0n) is 29.7. The van der Waals surface area contributed by atoms with Crippen molar-refractivity contribution in [2.75, 3.05) is 0 Å². The number of furan rings is 1. The first-order valence-electron chi connectivity index (χ1n) is 16.5. The Morgan fingerprint density at radius 1 is 0.865 bits per heavy atom. The van der Waals surface area contributed by atoms with Gasteiger partial charge in [-0.2, -0.15) is 4.98 Å². The van der Waals surface area contributed by atoms with Gasteiger partial charge in [-0.15, -0.1) is 0 Å². The van der Waals surface area contributed by atoms with Gasteiger partial charge in [-0.25, -0.2) is 4.98 Å². The standard InChI is InChI=1S/C34H34N2O/c1-19(2)14-22-9-12-26-23(16-22)11-13-27-30-31(35-21(4)36-33(30)37-32(26)27)25-17-24-10-8-20(3)15-28(24)29(18-25)34(5,6)7/h8-13,15-19H,14H2,1-7H3/i3D3,4D3,14D2. The molecule has 3 nitrogen and oxygen atoms in total. The van der Waals surface area contributed by atoms with Crippen LogP contribution in [0.3, 0.4) is 0 Å². The number of aromatic nitrogens is 2. The van der Waals surface area contributed by atoms with E-state index < -0.39 is 20.1 Å². The van der Waals surface area contributed by atoms with Gasteiger partial charge < -0.3 is 4.42 Å². The van der Waals surface area contributed by atoms with Crippen LogP contribution in [-0.2, 0) is 11.8 Å². The average molecular weight is 495 g/mol. The van der Waals surface area contributed by atoms with Crippen molar-refractivity contribution >= 4 is 43.6 Å². The van der Waals surface area contributed by atoms with Gasteiger partial charge in [0.15, 0.2) is 0 Å². The molecular weight excluding hydrogens is 452 g/mol. The van der Waals surface area contributed by atoms with E-state index in [9.17, 15) is 0 Å². The minimum Gasteiger partial charge on any atom is -0.437 e. The maximum atomic E-state index is 8.56. The number of nitrogens with zero attached hydrogens (tertiary/aromatic N) is 2. The zero-order valence-corrected chi connectivity index (χ0v) is 21.7. The Balaban J connectivity index is 1.68. The highest BCUT2D eigenvalue weighted by atomic mass is 16.3. The highest BCUT2D eigenvalue weighted by Crippen LogP contribution is 2.41. The van der Waals surface area contributed by atoms with Gasteiger partial charge in [0.2, 0.25) is 5.71 Å². The largest absolute Gasteiger partial charge is 0.437 e. The molecule has 0 aliphatic carbocycles. The topological polar surface area (TPSA) is 38.9 Å². The first-order chi connectivity index (χ1) is 20.8. The molecule has 0 spiro atoms. The normalized spacial score (nSPS) is 16.8. The highest BCUT2D eigenvalue weighted by Gasteiger charge is 2.22. The van der Waals surface area contributed by atoms with Crippen LogP contribution in [0.15, 0.2) is 65.1 Å². The number of hydrogen-bond acceptors (Lipinski definition) is 3. The molecule has 0 radical (unpaired) electrons. The molecule has 2 heterocycles. The van der Waals surface area contributed by atoms with Crippen molar-refractivity contribution in [2.45, 2.75) is 60.1 Å². The lowest BCUT2D eigenvalue weighted by Gasteiger charge is -2.23. The Labute approximate surface area is 229 Å². The number of benzene rings is 4. The Kier molecular flexibility index (Phi) is 3.68. The summed E-state index contributed by atoms with van der Waals surface area (Å²) in [6.45, 7) is 4.98.